The van der Waals surface area contributed by atoms with Crippen LogP contribution in [0, 0.1) is 0 Å². The second kappa shape index (κ2) is 5.30. The molecule has 0 bridgehead atoms. The Balaban J connectivity index is 1.82. The van der Waals surface area contributed by atoms with E-state index < -0.39 is 11.9 Å². The minimum absolute atomic E-state index is 0.0233. The van der Waals surface area contributed by atoms with Gasteiger partial charge in [-0.3, -0.25) is 4.68 Å². The quantitative estimate of drug-likeness (QED) is 0.864. The third-order valence-electron chi connectivity index (χ3n) is 3.43. The molecule has 0 aliphatic carbocycles. The van der Waals surface area contributed by atoms with Gasteiger partial charge in [0.1, 0.15) is 18.3 Å². The highest BCUT2D eigenvalue weighted by Crippen LogP contribution is 2.30. The van der Waals surface area contributed by atoms with Gasteiger partial charge in [-0.1, -0.05) is 0 Å². The summed E-state index contributed by atoms with van der Waals surface area (Å²) in [6, 6.07) is 0.904. The summed E-state index contributed by atoms with van der Waals surface area (Å²) in [5.41, 5.74) is -0.918. The lowest BCUT2D eigenvalue weighted by Gasteiger charge is -2.24. The highest BCUT2D eigenvalue weighted by molar-refractivity contribution is 5.34. The summed E-state index contributed by atoms with van der Waals surface area (Å²) in [4.78, 5) is 13.3. The molecule has 1 atom stereocenters. The zero-order chi connectivity index (χ0) is 14.9. The van der Waals surface area contributed by atoms with Gasteiger partial charge < -0.3 is 4.90 Å². The molecule has 2 aromatic heterocycles. The zero-order valence-electron chi connectivity index (χ0n) is 11.0. The molecule has 9 heteroatoms. The van der Waals surface area contributed by atoms with Crippen LogP contribution in [-0.4, -0.2) is 37.3 Å². The minimum atomic E-state index is -4.46. The van der Waals surface area contributed by atoms with Crippen molar-refractivity contribution in [3.05, 3.63) is 30.6 Å². The Labute approximate surface area is 118 Å². The summed E-state index contributed by atoms with van der Waals surface area (Å²) in [5, 5.41) is 4.02. The molecular weight excluding hydrogens is 285 g/mol. The van der Waals surface area contributed by atoms with Crippen molar-refractivity contribution in [3.8, 4) is 0 Å². The largest absolute Gasteiger partial charge is 0.433 e. The maximum atomic E-state index is 12.7. The number of hydrogen-bond donors (Lipinski definition) is 0. The SMILES string of the molecule is FC(F)(F)c1ccnc(N2CCC[C@@H]2Cn2cncn2)n1. The van der Waals surface area contributed by atoms with Gasteiger partial charge in [-0.05, 0) is 18.9 Å². The monoisotopic (exact) mass is 298 g/mol. The first-order valence-electron chi connectivity index (χ1n) is 6.53. The number of nitrogens with zero attached hydrogens (tertiary/aromatic N) is 6. The third-order valence-corrected chi connectivity index (χ3v) is 3.43. The summed E-state index contributed by atoms with van der Waals surface area (Å²) >= 11 is 0. The molecule has 2 aromatic rings. The van der Waals surface area contributed by atoms with E-state index in [1.165, 1.54) is 6.33 Å². The lowest BCUT2D eigenvalue weighted by molar-refractivity contribution is -0.141. The number of halogens is 3. The van der Waals surface area contributed by atoms with E-state index in [2.05, 4.69) is 20.1 Å². The van der Waals surface area contributed by atoms with Crippen LogP contribution in [0.3, 0.4) is 0 Å². The summed E-state index contributed by atoms with van der Waals surface area (Å²) in [7, 11) is 0. The van der Waals surface area contributed by atoms with Crippen LogP contribution >= 0.6 is 0 Å². The average molecular weight is 298 g/mol. The summed E-state index contributed by atoms with van der Waals surface area (Å²) in [6.07, 6.45) is 1.46. The van der Waals surface area contributed by atoms with Crippen molar-refractivity contribution < 1.29 is 13.2 Å². The molecule has 3 heterocycles. The summed E-state index contributed by atoms with van der Waals surface area (Å²) in [6.45, 7) is 1.19. The van der Waals surface area contributed by atoms with Crippen LogP contribution < -0.4 is 4.90 Å². The van der Waals surface area contributed by atoms with Gasteiger partial charge in [0.15, 0.2) is 0 Å². The number of rotatable bonds is 3. The van der Waals surface area contributed by atoms with E-state index in [0.717, 1.165) is 25.1 Å². The van der Waals surface area contributed by atoms with Crippen LogP contribution in [0.1, 0.15) is 18.5 Å². The first kappa shape index (κ1) is 13.8. The van der Waals surface area contributed by atoms with Crippen molar-refractivity contribution in [2.24, 2.45) is 0 Å². The van der Waals surface area contributed by atoms with Crippen molar-refractivity contribution in [1.82, 2.24) is 24.7 Å². The Morgan fingerprint density at radius 2 is 2.19 bits per heavy atom. The van der Waals surface area contributed by atoms with E-state index >= 15 is 0 Å². The molecule has 1 aliphatic heterocycles. The molecule has 1 aliphatic rings. The predicted octanol–water partition coefficient (Wildman–Crippen LogP) is 1.76. The van der Waals surface area contributed by atoms with Gasteiger partial charge in [-0.25, -0.2) is 15.0 Å². The number of alkyl halides is 3. The number of aromatic nitrogens is 5. The number of anilines is 1. The molecule has 0 radical (unpaired) electrons. The molecule has 0 amide bonds. The molecular formula is C12H13F3N6. The maximum Gasteiger partial charge on any atom is 0.433 e. The Hall–Kier alpha value is -2.19. The summed E-state index contributed by atoms with van der Waals surface area (Å²) < 4.78 is 39.8. The topological polar surface area (TPSA) is 59.7 Å². The van der Waals surface area contributed by atoms with E-state index in [1.54, 1.807) is 15.9 Å². The van der Waals surface area contributed by atoms with Crippen molar-refractivity contribution in [1.29, 1.82) is 0 Å². The van der Waals surface area contributed by atoms with Gasteiger partial charge >= 0.3 is 6.18 Å². The van der Waals surface area contributed by atoms with E-state index in [9.17, 15) is 13.2 Å². The fourth-order valence-electron chi connectivity index (χ4n) is 2.48. The molecule has 0 unspecified atom stereocenters. The van der Waals surface area contributed by atoms with E-state index in [-0.39, 0.29) is 12.0 Å². The fraction of sp³-hybridized carbons (Fsp3) is 0.500. The highest BCUT2D eigenvalue weighted by Gasteiger charge is 2.34. The Morgan fingerprint density at radius 1 is 1.33 bits per heavy atom. The van der Waals surface area contributed by atoms with Gasteiger partial charge in [0.25, 0.3) is 0 Å². The fourth-order valence-corrected chi connectivity index (χ4v) is 2.48. The summed E-state index contributed by atoms with van der Waals surface area (Å²) in [5.74, 6) is 0.118. The lowest BCUT2D eigenvalue weighted by Crippen LogP contribution is -2.34. The molecule has 0 spiro atoms. The molecule has 3 rings (SSSR count). The highest BCUT2D eigenvalue weighted by atomic mass is 19.4. The first-order chi connectivity index (χ1) is 10.0. The van der Waals surface area contributed by atoms with E-state index in [1.807, 2.05) is 0 Å². The van der Waals surface area contributed by atoms with Crippen molar-refractivity contribution >= 4 is 5.95 Å². The normalized spacial score (nSPS) is 19.2. The second-order valence-corrected chi connectivity index (χ2v) is 4.85. The number of hydrogen-bond acceptors (Lipinski definition) is 5. The van der Waals surface area contributed by atoms with Crippen LogP contribution in [0.4, 0.5) is 19.1 Å². The van der Waals surface area contributed by atoms with E-state index in [4.69, 9.17) is 0 Å². The van der Waals surface area contributed by atoms with Crippen molar-refractivity contribution in [2.75, 3.05) is 11.4 Å². The van der Waals surface area contributed by atoms with Gasteiger partial charge in [-0.15, -0.1) is 0 Å². The van der Waals surface area contributed by atoms with Gasteiger partial charge in [0.2, 0.25) is 5.95 Å². The van der Waals surface area contributed by atoms with Crippen LogP contribution in [0.5, 0.6) is 0 Å². The zero-order valence-corrected chi connectivity index (χ0v) is 11.0. The van der Waals surface area contributed by atoms with Crippen molar-refractivity contribution in [2.45, 2.75) is 31.6 Å². The molecule has 6 nitrogen and oxygen atoms in total. The van der Waals surface area contributed by atoms with Crippen LogP contribution in [0.25, 0.3) is 0 Å². The molecule has 1 saturated heterocycles. The van der Waals surface area contributed by atoms with Gasteiger partial charge in [-0.2, -0.15) is 18.3 Å². The van der Waals surface area contributed by atoms with Gasteiger partial charge in [0.05, 0.1) is 12.6 Å². The first-order valence-corrected chi connectivity index (χ1v) is 6.53. The Kier molecular flexibility index (Phi) is 3.48. The maximum absolute atomic E-state index is 12.7. The molecule has 112 valence electrons. The molecule has 1 fully saturated rings. The average Bonchev–Trinajstić information content (AvgIpc) is 3.10. The van der Waals surface area contributed by atoms with Gasteiger partial charge in [0, 0.05) is 12.7 Å². The predicted molar refractivity (Wildman–Crippen MR) is 67.4 cm³/mol. The van der Waals surface area contributed by atoms with Crippen LogP contribution in [0.2, 0.25) is 0 Å². The lowest BCUT2D eigenvalue weighted by atomic mass is 10.2. The minimum Gasteiger partial charge on any atom is -0.336 e. The molecule has 0 aromatic carbocycles. The molecule has 21 heavy (non-hydrogen) atoms. The van der Waals surface area contributed by atoms with Crippen molar-refractivity contribution in [3.63, 3.8) is 0 Å². The van der Waals surface area contributed by atoms with E-state index in [0.29, 0.717) is 13.1 Å². The Morgan fingerprint density at radius 3 is 2.90 bits per heavy atom. The Bertz CT molecular complexity index is 597. The van der Waals surface area contributed by atoms with Crippen LogP contribution in [0.15, 0.2) is 24.9 Å². The third kappa shape index (κ3) is 2.96. The van der Waals surface area contributed by atoms with Crippen LogP contribution in [-0.2, 0) is 12.7 Å². The molecule has 0 saturated carbocycles. The second-order valence-electron chi connectivity index (χ2n) is 4.85. The standard InChI is InChI=1S/C12H13F3N6/c13-12(14,15)10-3-4-17-11(19-10)21-5-1-2-9(21)6-20-8-16-7-18-20/h3-4,7-9H,1-2,5-6H2/t9-/m1/s1. The smallest absolute Gasteiger partial charge is 0.336 e. The molecule has 0 N–H and O–H groups in total.